The predicted octanol–water partition coefficient (Wildman–Crippen LogP) is 3.58. The zero-order valence-corrected chi connectivity index (χ0v) is 24.8. The zero-order chi connectivity index (χ0) is 31.1. The summed E-state index contributed by atoms with van der Waals surface area (Å²) in [5.74, 6) is -0.813. The van der Waals surface area contributed by atoms with E-state index in [9.17, 15) is 23.2 Å². The molecule has 1 fully saturated rings. The fourth-order valence-corrected chi connectivity index (χ4v) is 5.62. The van der Waals surface area contributed by atoms with Crippen LogP contribution >= 0.6 is 0 Å². The molecule has 3 aromatic rings. The van der Waals surface area contributed by atoms with Crippen molar-refractivity contribution in [1.82, 2.24) is 24.7 Å². The maximum Gasteiger partial charge on any atom is 0.245 e. The highest BCUT2D eigenvalue weighted by atomic mass is 19.2. The molecule has 0 radical (unpaired) electrons. The number of amides is 3. The number of halogens is 2. The van der Waals surface area contributed by atoms with Crippen LogP contribution in [0.4, 0.5) is 8.78 Å². The predicted molar refractivity (Wildman–Crippen MR) is 158 cm³/mol. The lowest BCUT2D eigenvalue weighted by molar-refractivity contribution is -0.135. The Morgan fingerprint density at radius 3 is 2.61 bits per heavy atom. The molecule has 0 aliphatic carbocycles. The average molecular weight is 610 g/mol. The quantitative estimate of drug-likeness (QED) is 0.485. The molecule has 234 valence electrons. The molecule has 12 heteroatoms. The van der Waals surface area contributed by atoms with Gasteiger partial charge in [0.15, 0.2) is 23.1 Å². The molecule has 2 aliphatic rings. The number of ether oxygens (including phenoxy) is 2. The van der Waals surface area contributed by atoms with Crippen LogP contribution in [0.1, 0.15) is 37.7 Å². The zero-order valence-electron chi connectivity index (χ0n) is 24.8. The van der Waals surface area contributed by atoms with Crippen LogP contribution in [-0.2, 0) is 27.3 Å². The van der Waals surface area contributed by atoms with Gasteiger partial charge in [-0.1, -0.05) is 12.1 Å². The van der Waals surface area contributed by atoms with Crippen LogP contribution in [0.25, 0.3) is 11.4 Å². The number of benzene rings is 2. The van der Waals surface area contributed by atoms with Gasteiger partial charge in [0, 0.05) is 62.7 Å². The first kappa shape index (κ1) is 31.0. The van der Waals surface area contributed by atoms with Crippen molar-refractivity contribution in [3.8, 4) is 22.9 Å². The van der Waals surface area contributed by atoms with Gasteiger partial charge in [0.1, 0.15) is 11.9 Å². The first-order valence-electron chi connectivity index (χ1n) is 14.9. The molecule has 1 N–H and O–H groups in total. The molecule has 2 bridgehead atoms. The summed E-state index contributed by atoms with van der Waals surface area (Å²) in [7, 11) is 1.57. The average Bonchev–Trinajstić information content (AvgIpc) is 3.68. The fraction of sp³-hybridized carbons (Fsp3) is 0.438. The van der Waals surface area contributed by atoms with E-state index in [2.05, 4.69) is 10.3 Å². The number of methoxy groups -OCH3 is 1. The van der Waals surface area contributed by atoms with Crippen molar-refractivity contribution in [2.24, 2.45) is 0 Å². The van der Waals surface area contributed by atoms with E-state index in [-0.39, 0.29) is 29.7 Å². The molecule has 0 spiro atoms. The molecular formula is C32H37F2N5O5. The number of imidazole rings is 1. The summed E-state index contributed by atoms with van der Waals surface area (Å²) in [6.07, 6.45) is 5.77. The third kappa shape index (κ3) is 7.35. The molecule has 5 rings (SSSR count). The van der Waals surface area contributed by atoms with Gasteiger partial charge in [-0.3, -0.25) is 14.4 Å². The molecular weight excluding hydrogens is 572 g/mol. The largest absolute Gasteiger partial charge is 0.493 e. The minimum atomic E-state index is -1.02. The highest BCUT2D eigenvalue weighted by Crippen LogP contribution is 2.32. The van der Waals surface area contributed by atoms with Gasteiger partial charge in [0.2, 0.25) is 17.7 Å². The summed E-state index contributed by atoms with van der Waals surface area (Å²) in [5, 5.41) is 2.76. The lowest BCUT2D eigenvalue weighted by Crippen LogP contribution is -2.45. The molecule has 44 heavy (non-hydrogen) atoms. The van der Waals surface area contributed by atoms with Crippen LogP contribution in [0, 0.1) is 11.6 Å². The second-order valence-corrected chi connectivity index (χ2v) is 11.0. The van der Waals surface area contributed by atoms with Crippen molar-refractivity contribution >= 4 is 17.7 Å². The van der Waals surface area contributed by atoms with E-state index < -0.39 is 17.7 Å². The highest BCUT2D eigenvalue weighted by molar-refractivity contribution is 5.90. The molecule has 2 aromatic carbocycles. The van der Waals surface area contributed by atoms with Crippen molar-refractivity contribution in [2.45, 2.75) is 51.1 Å². The summed E-state index contributed by atoms with van der Waals surface area (Å²) >= 11 is 0. The van der Waals surface area contributed by atoms with E-state index in [1.54, 1.807) is 29.2 Å². The first-order chi connectivity index (χ1) is 21.3. The number of hydrogen-bond acceptors (Lipinski definition) is 6. The van der Waals surface area contributed by atoms with Gasteiger partial charge < -0.3 is 29.2 Å². The number of carbonyl (C=O) groups excluding carboxylic acids is 3. The molecule has 0 saturated carbocycles. The Morgan fingerprint density at radius 1 is 1.05 bits per heavy atom. The van der Waals surface area contributed by atoms with Crippen molar-refractivity contribution < 1.29 is 32.6 Å². The van der Waals surface area contributed by atoms with Crippen molar-refractivity contribution in [1.29, 1.82) is 0 Å². The van der Waals surface area contributed by atoms with Crippen molar-refractivity contribution in [3.05, 3.63) is 66.0 Å². The van der Waals surface area contributed by atoms with Gasteiger partial charge in [-0.15, -0.1) is 0 Å². The Balaban J connectivity index is 1.39. The van der Waals surface area contributed by atoms with Gasteiger partial charge in [0.25, 0.3) is 0 Å². The van der Waals surface area contributed by atoms with Gasteiger partial charge in [-0.2, -0.15) is 0 Å². The molecule has 3 heterocycles. The Kier molecular flexibility index (Phi) is 10.1. The molecule has 3 amide bonds. The second kappa shape index (κ2) is 14.3. The van der Waals surface area contributed by atoms with Gasteiger partial charge >= 0.3 is 0 Å². The number of fused-ring (bicyclic) bond motifs is 4. The van der Waals surface area contributed by atoms with Crippen molar-refractivity contribution in [2.75, 3.05) is 39.9 Å². The number of aromatic nitrogens is 2. The van der Waals surface area contributed by atoms with Crippen molar-refractivity contribution in [3.63, 3.8) is 0 Å². The van der Waals surface area contributed by atoms with E-state index in [0.717, 1.165) is 11.6 Å². The van der Waals surface area contributed by atoms with Crippen LogP contribution in [-0.4, -0.2) is 83.0 Å². The lowest BCUT2D eigenvalue weighted by Gasteiger charge is -2.27. The second-order valence-electron chi connectivity index (χ2n) is 11.0. The van der Waals surface area contributed by atoms with Crippen LogP contribution in [0.2, 0.25) is 0 Å². The molecule has 1 aromatic heterocycles. The number of hydrogen-bond donors (Lipinski definition) is 1. The monoisotopic (exact) mass is 609 g/mol. The molecule has 1 saturated heterocycles. The van der Waals surface area contributed by atoms with Crippen LogP contribution in [0.15, 0.2) is 48.8 Å². The minimum Gasteiger partial charge on any atom is -0.493 e. The van der Waals surface area contributed by atoms with Crippen LogP contribution in [0.5, 0.6) is 11.5 Å². The summed E-state index contributed by atoms with van der Waals surface area (Å²) in [5.41, 5.74) is 0.798. The molecule has 1 atom stereocenters. The summed E-state index contributed by atoms with van der Waals surface area (Å²) in [6, 6.07) is 8.82. The Hall–Kier alpha value is -4.48. The number of carbonyl (C=O) groups is 3. The first-order valence-corrected chi connectivity index (χ1v) is 14.9. The highest BCUT2D eigenvalue weighted by Gasteiger charge is 2.30. The lowest BCUT2D eigenvalue weighted by atomic mass is 10.1. The smallest absolute Gasteiger partial charge is 0.245 e. The summed E-state index contributed by atoms with van der Waals surface area (Å²) < 4.78 is 41.8. The van der Waals surface area contributed by atoms with E-state index in [1.165, 1.54) is 12.1 Å². The Labute approximate surface area is 254 Å². The van der Waals surface area contributed by atoms with Crippen LogP contribution in [0.3, 0.4) is 0 Å². The fourth-order valence-electron chi connectivity index (χ4n) is 5.62. The summed E-state index contributed by atoms with van der Waals surface area (Å²) in [4.78, 5) is 46.5. The van der Waals surface area contributed by atoms with E-state index in [1.807, 2.05) is 22.9 Å². The van der Waals surface area contributed by atoms with E-state index >= 15 is 0 Å². The van der Waals surface area contributed by atoms with E-state index in [4.69, 9.17) is 9.47 Å². The maximum atomic E-state index is 14.4. The molecule has 1 unspecified atom stereocenters. The third-order valence-corrected chi connectivity index (χ3v) is 8.02. The van der Waals surface area contributed by atoms with Crippen LogP contribution < -0.4 is 14.8 Å². The summed E-state index contributed by atoms with van der Waals surface area (Å²) in [6.45, 7) is 2.32. The Morgan fingerprint density at radius 2 is 1.84 bits per heavy atom. The van der Waals surface area contributed by atoms with Gasteiger partial charge in [-0.25, -0.2) is 13.8 Å². The standard InChI is InChI=1S/C32H37F2N5O5/c1-43-26-10-8-23-20-27(26)44-19-5-15-39(32(42)25-9-11-28(40)36-25)14-3-2-13-37(17-18-38-16-12-35-31(23)38)29(41)21-22-6-4-7-24(33)30(22)34/h4,6-8,10,12,16,20,25H,2-3,5,9,11,13-15,17-19,21H2,1H3,(H,36,40). The maximum absolute atomic E-state index is 14.4. The number of nitrogens with one attached hydrogen (secondary N) is 1. The number of rotatable bonds is 4. The van der Waals surface area contributed by atoms with Gasteiger partial charge in [-0.05, 0) is 49.9 Å². The Bertz CT molecular complexity index is 1500. The third-order valence-electron chi connectivity index (χ3n) is 8.02. The molecule has 10 nitrogen and oxygen atoms in total. The normalized spacial score (nSPS) is 18.2. The number of nitrogens with zero attached hydrogens (tertiary/aromatic N) is 4. The topological polar surface area (TPSA) is 106 Å². The minimum absolute atomic E-state index is 0.00264. The van der Waals surface area contributed by atoms with E-state index in [0.29, 0.717) is 88.8 Å². The van der Waals surface area contributed by atoms with Gasteiger partial charge in [0.05, 0.1) is 20.1 Å². The molecule has 2 aliphatic heterocycles. The SMILES string of the molecule is COc1ccc2cc1OCCCN(C(=O)C1CCC(=O)N1)CCCCN(C(=O)Cc1cccc(F)c1F)CCn1ccnc1-2.